The average Bonchev–Trinajstić information content (AvgIpc) is 3.15. The lowest BCUT2D eigenvalue weighted by Gasteiger charge is -2.31. The fraction of sp³-hybridized carbons (Fsp3) is 0.688. The quantitative estimate of drug-likeness (QED) is 0.0288. The summed E-state index contributed by atoms with van der Waals surface area (Å²) in [7, 11) is 5.49. The lowest BCUT2D eigenvalue weighted by Crippen LogP contribution is -2.50. The molecule has 0 bridgehead atoms. The number of nitrogens with zero attached hydrogens (tertiary/aromatic N) is 1. The van der Waals surface area contributed by atoms with Crippen LogP contribution in [0.1, 0.15) is 162 Å². The Kier molecular flexibility index (Phi) is 36.4. The van der Waals surface area contributed by atoms with Crippen LogP contribution in [-0.2, 0) is 28.6 Å². The summed E-state index contributed by atoms with van der Waals surface area (Å²) in [5, 5.41) is 9.61. The van der Waals surface area contributed by atoms with Gasteiger partial charge in [-0.2, -0.15) is 0 Å². The van der Waals surface area contributed by atoms with Crippen molar-refractivity contribution < 1.29 is 38.2 Å². The Morgan fingerprint density at radius 2 is 1.04 bits per heavy atom. The summed E-state index contributed by atoms with van der Waals surface area (Å²) in [6, 6.07) is -0.631. The number of likely N-dealkylation sites (N-methyl/N-ethyl adjacent to an activating group) is 1. The number of aliphatic carboxylic acids is 1. The van der Waals surface area contributed by atoms with Gasteiger partial charge in [-0.25, -0.2) is 4.79 Å². The van der Waals surface area contributed by atoms with Gasteiger partial charge in [0.05, 0.1) is 34.4 Å². The highest BCUT2D eigenvalue weighted by molar-refractivity contribution is 5.72. The van der Waals surface area contributed by atoms with E-state index in [2.05, 4.69) is 74.6 Å². The van der Waals surface area contributed by atoms with Gasteiger partial charge in [-0.15, -0.1) is 0 Å². The van der Waals surface area contributed by atoms with Crippen molar-refractivity contribution in [2.75, 3.05) is 41.0 Å². The standard InChI is InChI=1S/C48H81NO7/c1-6-8-10-12-14-16-18-20-22-24-26-28-30-32-34-36-38-46(50)55-43-44(42-54-41-40-45(48(52)53)49(3,4)5)56-47(51)39-37-35-33-31-29-27-25-23-21-19-17-15-13-11-9-7-2/h9,11,15,17,21-24,27,29,33,35,44-45H,6-8,10,12-14,16,18-20,25-26,28,30-32,34,36-43H2,1-5H3/p+1/b11-9+,17-15+,23-21+,24-22+,29-27+,35-33+. The largest absolute Gasteiger partial charge is 0.477 e. The molecule has 0 aromatic carbocycles. The highest BCUT2D eigenvalue weighted by Gasteiger charge is 2.31. The Balaban J connectivity index is 4.48. The van der Waals surface area contributed by atoms with Crippen molar-refractivity contribution in [3.8, 4) is 0 Å². The van der Waals surface area contributed by atoms with E-state index in [0.29, 0.717) is 19.3 Å². The van der Waals surface area contributed by atoms with Crippen LogP contribution in [0.2, 0.25) is 0 Å². The molecule has 2 unspecified atom stereocenters. The number of carboxylic acid groups (broad SMARTS) is 1. The number of hydrogen-bond acceptors (Lipinski definition) is 6. The molecule has 8 nitrogen and oxygen atoms in total. The van der Waals surface area contributed by atoms with Crippen molar-refractivity contribution in [1.82, 2.24) is 0 Å². The summed E-state index contributed by atoms with van der Waals surface area (Å²) >= 11 is 0. The summed E-state index contributed by atoms with van der Waals surface area (Å²) in [6.07, 6.45) is 48.2. The number of carbonyl (C=O) groups excluding carboxylic acids is 2. The zero-order valence-corrected chi connectivity index (χ0v) is 36.3. The summed E-state index contributed by atoms with van der Waals surface area (Å²) in [5.41, 5.74) is 0. The number of rotatable bonds is 38. The van der Waals surface area contributed by atoms with Gasteiger partial charge in [0.25, 0.3) is 0 Å². The van der Waals surface area contributed by atoms with Crippen LogP contribution in [-0.4, -0.2) is 80.6 Å². The molecule has 0 aliphatic heterocycles. The Morgan fingerprint density at radius 3 is 1.55 bits per heavy atom. The number of unbranched alkanes of at least 4 members (excludes halogenated alkanes) is 12. The van der Waals surface area contributed by atoms with Crippen LogP contribution in [0, 0.1) is 0 Å². The molecular weight excluding hydrogens is 703 g/mol. The maximum absolute atomic E-state index is 12.7. The molecule has 0 spiro atoms. The van der Waals surface area contributed by atoms with Gasteiger partial charge in [-0.1, -0.05) is 145 Å². The first-order valence-corrected chi connectivity index (χ1v) is 22.0. The predicted octanol–water partition coefficient (Wildman–Crippen LogP) is 12.0. The SMILES string of the molecule is CC/C=C/C/C=C/C/C=C/C/C=C/C/C=C/CCC(=O)OC(COCCC(C(=O)O)[N+](C)(C)C)COC(=O)CCCCCCC/C=C/CCCCCCCCC. The van der Waals surface area contributed by atoms with Gasteiger partial charge in [-0.3, -0.25) is 9.59 Å². The molecule has 320 valence electrons. The zero-order valence-electron chi connectivity index (χ0n) is 36.3. The van der Waals surface area contributed by atoms with Crippen LogP contribution < -0.4 is 0 Å². The van der Waals surface area contributed by atoms with Crippen molar-refractivity contribution >= 4 is 17.9 Å². The molecule has 0 fully saturated rings. The first kappa shape index (κ1) is 52.8. The van der Waals surface area contributed by atoms with E-state index in [1.807, 2.05) is 33.3 Å². The summed E-state index contributed by atoms with van der Waals surface area (Å²) < 4.78 is 17.2. The van der Waals surface area contributed by atoms with Crippen LogP contribution in [0.25, 0.3) is 0 Å². The minimum absolute atomic E-state index is 0.0255. The molecule has 56 heavy (non-hydrogen) atoms. The van der Waals surface area contributed by atoms with Crippen LogP contribution in [0.5, 0.6) is 0 Å². The first-order valence-electron chi connectivity index (χ1n) is 22.0. The van der Waals surface area contributed by atoms with Crippen LogP contribution in [0.4, 0.5) is 0 Å². The highest BCUT2D eigenvalue weighted by atomic mass is 16.6. The molecule has 8 heteroatoms. The molecule has 0 saturated heterocycles. The molecule has 0 aliphatic rings. The van der Waals surface area contributed by atoms with Gasteiger partial charge in [-0.05, 0) is 70.6 Å². The third-order valence-corrected chi connectivity index (χ3v) is 9.35. The second-order valence-corrected chi connectivity index (χ2v) is 15.6. The van der Waals surface area contributed by atoms with Crippen LogP contribution in [0.15, 0.2) is 72.9 Å². The van der Waals surface area contributed by atoms with Gasteiger partial charge in [0.15, 0.2) is 12.1 Å². The highest BCUT2D eigenvalue weighted by Crippen LogP contribution is 2.12. The Hall–Kier alpha value is -3.23. The second kappa shape index (κ2) is 38.6. The number of carbonyl (C=O) groups is 3. The van der Waals surface area contributed by atoms with Crippen molar-refractivity contribution in [2.45, 2.75) is 174 Å². The van der Waals surface area contributed by atoms with E-state index in [0.717, 1.165) is 64.2 Å². The predicted molar refractivity (Wildman–Crippen MR) is 233 cm³/mol. The van der Waals surface area contributed by atoms with E-state index in [9.17, 15) is 19.5 Å². The normalized spacial score (nSPS) is 13.7. The van der Waals surface area contributed by atoms with Crippen molar-refractivity contribution in [1.29, 1.82) is 0 Å². The number of esters is 2. The number of allylic oxidation sites excluding steroid dienone is 12. The number of quaternary nitrogens is 1. The monoisotopic (exact) mass is 785 g/mol. The zero-order chi connectivity index (χ0) is 41.4. The van der Waals surface area contributed by atoms with Gasteiger partial charge in [0.1, 0.15) is 6.61 Å². The number of hydrogen-bond donors (Lipinski definition) is 1. The minimum Gasteiger partial charge on any atom is -0.477 e. The maximum Gasteiger partial charge on any atom is 0.362 e. The number of ether oxygens (including phenoxy) is 3. The molecule has 0 rings (SSSR count). The van der Waals surface area contributed by atoms with E-state index in [4.69, 9.17) is 14.2 Å². The smallest absolute Gasteiger partial charge is 0.362 e. The van der Waals surface area contributed by atoms with Gasteiger partial charge >= 0.3 is 17.9 Å². The summed E-state index contributed by atoms with van der Waals surface area (Å²) in [4.78, 5) is 36.9. The molecule has 0 aliphatic carbocycles. The summed E-state index contributed by atoms with van der Waals surface area (Å²) in [5.74, 6) is -1.59. The van der Waals surface area contributed by atoms with Crippen molar-refractivity contribution in [2.24, 2.45) is 0 Å². The fourth-order valence-corrected chi connectivity index (χ4v) is 5.96. The Morgan fingerprint density at radius 1 is 0.554 bits per heavy atom. The van der Waals surface area contributed by atoms with Gasteiger partial charge in [0, 0.05) is 19.3 Å². The van der Waals surface area contributed by atoms with E-state index >= 15 is 0 Å². The lowest BCUT2D eigenvalue weighted by atomic mass is 10.1. The molecular formula is C48H82NO7+. The van der Waals surface area contributed by atoms with Gasteiger partial charge < -0.3 is 23.8 Å². The molecule has 0 aromatic heterocycles. The minimum atomic E-state index is -0.890. The Labute approximate surface area is 342 Å². The number of carboxylic acids is 1. The molecule has 0 aromatic rings. The summed E-state index contributed by atoms with van der Waals surface area (Å²) in [6.45, 7) is 4.52. The average molecular weight is 785 g/mol. The van der Waals surface area contributed by atoms with Crippen molar-refractivity contribution in [3.63, 3.8) is 0 Å². The molecule has 2 atom stereocenters. The molecule has 0 saturated carbocycles. The van der Waals surface area contributed by atoms with E-state index in [-0.39, 0.29) is 36.7 Å². The molecule has 0 radical (unpaired) electrons. The molecule has 0 amide bonds. The van der Waals surface area contributed by atoms with Crippen molar-refractivity contribution in [3.05, 3.63) is 72.9 Å². The first-order chi connectivity index (χ1) is 27.1. The van der Waals surface area contributed by atoms with E-state index in [1.165, 1.54) is 57.8 Å². The van der Waals surface area contributed by atoms with Gasteiger partial charge in [0.2, 0.25) is 0 Å². The third kappa shape index (κ3) is 36.4. The molecule has 1 N–H and O–H groups in total. The fourth-order valence-electron chi connectivity index (χ4n) is 5.96. The Bertz CT molecular complexity index is 1140. The lowest BCUT2D eigenvalue weighted by molar-refractivity contribution is -0.887. The van der Waals surface area contributed by atoms with E-state index < -0.39 is 24.1 Å². The third-order valence-electron chi connectivity index (χ3n) is 9.35. The van der Waals surface area contributed by atoms with Crippen LogP contribution >= 0.6 is 0 Å². The van der Waals surface area contributed by atoms with Crippen LogP contribution in [0.3, 0.4) is 0 Å². The second-order valence-electron chi connectivity index (χ2n) is 15.6. The maximum atomic E-state index is 12.7. The topological polar surface area (TPSA) is 99.1 Å². The molecule has 0 heterocycles. The van der Waals surface area contributed by atoms with E-state index in [1.54, 1.807) is 0 Å².